The topological polar surface area (TPSA) is 69.9 Å². The molecule has 7 heteroatoms. The van der Waals surface area contributed by atoms with Crippen molar-refractivity contribution in [2.75, 3.05) is 0 Å². The fourth-order valence-corrected chi connectivity index (χ4v) is 3.76. The minimum absolute atomic E-state index is 0.499. The van der Waals surface area contributed by atoms with Crippen molar-refractivity contribution in [3.8, 4) is 11.3 Å². The van der Waals surface area contributed by atoms with Crippen molar-refractivity contribution >= 4 is 11.8 Å². The molecule has 4 rings (SSSR count). The first-order valence-electron chi connectivity index (χ1n) is 9.26. The Labute approximate surface area is 168 Å². The zero-order valence-corrected chi connectivity index (χ0v) is 16.7. The second-order valence-corrected chi connectivity index (χ2v) is 7.89. The minimum Gasteiger partial charge on any atom is -0.467 e. The highest BCUT2D eigenvalue weighted by Gasteiger charge is 2.16. The van der Waals surface area contributed by atoms with Crippen molar-refractivity contribution in [1.82, 2.24) is 19.7 Å². The van der Waals surface area contributed by atoms with Crippen LogP contribution in [0.5, 0.6) is 0 Å². The molecule has 0 unspecified atom stereocenters. The van der Waals surface area contributed by atoms with Crippen LogP contribution in [0.25, 0.3) is 11.3 Å². The molecule has 144 valence electrons. The van der Waals surface area contributed by atoms with Gasteiger partial charge in [-0.3, -0.25) is 0 Å². The molecule has 0 radical (unpaired) electrons. The first-order chi connectivity index (χ1) is 13.7. The van der Waals surface area contributed by atoms with Gasteiger partial charge >= 0.3 is 0 Å². The molecule has 3 heterocycles. The molecule has 6 nitrogen and oxygen atoms in total. The standard InChI is InChI=1S/C21H22N4O2S/c1-15(2)11-19-23-20(27-24-19)14-28-21-22-12-18(16-7-4-3-5-8-16)25(21)13-17-9-6-10-26-17/h3-10,12,15H,11,13-14H2,1-2H3. The van der Waals surface area contributed by atoms with Crippen molar-refractivity contribution in [2.24, 2.45) is 5.92 Å². The highest BCUT2D eigenvalue weighted by molar-refractivity contribution is 7.98. The molecule has 28 heavy (non-hydrogen) atoms. The molecule has 4 aromatic rings. The van der Waals surface area contributed by atoms with Gasteiger partial charge in [-0.1, -0.05) is 61.1 Å². The summed E-state index contributed by atoms with van der Waals surface area (Å²) in [6, 6.07) is 14.1. The van der Waals surface area contributed by atoms with Crippen LogP contribution in [-0.2, 0) is 18.7 Å². The van der Waals surface area contributed by atoms with E-state index in [0.717, 1.165) is 34.4 Å². The van der Waals surface area contributed by atoms with E-state index in [4.69, 9.17) is 8.94 Å². The van der Waals surface area contributed by atoms with E-state index >= 15 is 0 Å². The van der Waals surface area contributed by atoms with Crippen LogP contribution in [0.15, 0.2) is 69.0 Å². The number of hydrogen-bond acceptors (Lipinski definition) is 6. The van der Waals surface area contributed by atoms with Crippen LogP contribution in [0.3, 0.4) is 0 Å². The fourth-order valence-electron chi connectivity index (χ4n) is 2.95. The Morgan fingerprint density at radius 1 is 1.11 bits per heavy atom. The maximum Gasteiger partial charge on any atom is 0.237 e. The number of imidazole rings is 1. The Balaban J connectivity index is 1.56. The van der Waals surface area contributed by atoms with Gasteiger partial charge in [0, 0.05) is 6.42 Å². The molecule has 0 aliphatic heterocycles. The van der Waals surface area contributed by atoms with Crippen molar-refractivity contribution in [3.63, 3.8) is 0 Å². The van der Waals surface area contributed by atoms with E-state index < -0.39 is 0 Å². The molecule has 0 amide bonds. The second-order valence-electron chi connectivity index (χ2n) is 6.95. The molecular weight excluding hydrogens is 372 g/mol. The van der Waals surface area contributed by atoms with Gasteiger partial charge in [-0.15, -0.1) is 0 Å². The van der Waals surface area contributed by atoms with E-state index in [-0.39, 0.29) is 0 Å². The third-order valence-electron chi connectivity index (χ3n) is 4.21. The van der Waals surface area contributed by atoms with Crippen molar-refractivity contribution in [1.29, 1.82) is 0 Å². The van der Waals surface area contributed by atoms with Gasteiger partial charge in [0.05, 0.1) is 30.5 Å². The van der Waals surface area contributed by atoms with Crippen LogP contribution in [0.1, 0.15) is 31.3 Å². The van der Waals surface area contributed by atoms with Crippen LogP contribution < -0.4 is 0 Å². The molecule has 0 saturated heterocycles. The lowest BCUT2D eigenvalue weighted by Crippen LogP contribution is -2.03. The third-order valence-corrected chi connectivity index (χ3v) is 5.18. The highest BCUT2D eigenvalue weighted by atomic mass is 32.2. The lowest BCUT2D eigenvalue weighted by atomic mass is 10.1. The number of aromatic nitrogens is 4. The summed E-state index contributed by atoms with van der Waals surface area (Å²) >= 11 is 1.58. The predicted octanol–water partition coefficient (Wildman–Crippen LogP) is 5.07. The van der Waals surface area contributed by atoms with E-state index in [9.17, 15) is 0 Å². The Bertz CT molecular complexity index is 1010. The Hall–Kier alpha value is -2.80. The number of thioether (sulfide) groups is 1. The van der Waals surface area contributed by atoms with Gasteiger partial charge in [0.15, 0.2) is 11.0 Å². The van der Waals surface area contributed by atoms with E-state index in [1.807, 2.05) is 36.5 Å². The predicted molar refractivity (Wildman–Crippen MR) is 108 cm³/mol. The molecule has 0 N–H and O–H groups in total. The normalized spacial score (nSPS) is 11.4. The summed E-state index contributed by atoms with van der Waals surface area (Å²) in [5.74, 6) is 3.34. The lowest BCUT2D eigenvalue weighted by molar-refractivity contribution is 0.382. The van der Waals surface area contributed by atoms with Crippen LogP contribution in [0.2, 0.25) is 0 Å². The number of furan rings is 1. The molecule has 0 atom stereocenters. The van der Waals surface area contributed by atoms with Crippen LogP contribution >= 0.6 is 11.8 Å². The molecule has 0 aliphatic carbocycles. The average molecular weight is 395 g/mol. The third kappa shape index (κ3) is 4.36. The van der Waals surface area contributed by atoms with Gasteiger partial charge in [0.1, 0.15) is 5.76 Å². The summed E-state index contributed by atoms with van der Waals surface area (Å²) in [6.45, 7) is 4.89. The maximum absolute atomic E-state index is 5.56. The first-order valence-corrected chi connectivity index (χ1v) is 10.2. The van der Waals surface area contributed by atoms with Gasteiger partial charge in [-0.25, -0.2) is 4.98 Å². The van der Waals surface area contributed by atoms with Crippen LogP contribution in [-0.4, -0.2) is 19.7 Å². The summed E-state index contributed by atoms with van der Waals surface area (Å²) in [4.78, 5) is 9.12. The van der Waals surface area contributed by atoms with Crippen molar-refractivity contribution in [3.05, 3.63) is 72.4 Å². The largest absolute Gasteiger partial charge is 0.467 e. The number of benzene rings is 1. The number of hydrogen-bond donors (Lipinski definition) is 0. The maximum atomic E-state index is 5.56. The molecule has 1 aromatic carbocycles. The minimum atomic E-state index is 0.499. The molecule has 0 aliphatic rings. The fraction of sp³-hybridized carbons (Fsp3) is 0.286. The van der Waals surface area contributed by atoms with Gasteiger partial charge in [0.25, 0.3) is 0 Å². The van der Waals surface area contributed by atoms with E-state index in [1.165, 1.54) is 0 Å². The molecule has 0 saturated carbocycles. The zero-order valence-electron chi connectivity index (χ0n) is 15.9. The molecule has 0 fully saturated rings. The lowest BCUT2D eigenvalue weighted by Gasteiger charge is -2.10. The summed E-state index contributed by atoms with van der Waals surface area (Å²) < 4.78 is 13.1. The number of nitrogens with zero attached hydrogens (tertiary/aromatic N) is 4. The van der Waals surface area contributed by atoms with E-state index in [2.05, 4.69) is 45.7 Å². The van der Waals surface area contributed by atoms with E-state index in [1.54, 1.807) is 18.0 Å². The summed E-state index contributed by atoms with van der Waals surface area (Å²) in [5.41, 5.74) is 2.16. The summed E-state index contributed by atoms with van der Waals surface area (Å²) in [5, 5.41) is 4.95. The first kappa shape index (κ1) is 18.6. The van der Waals surface area contributed by atoms with Crippen LogP contribution in [0.4, 0.5) is 0 Å². The van der Waals surface area contributed by atoms with Crippen molar-refractivity contribution < 1.29 is 8.94 Å². The molecular formula is C21H22N4O2S. The van der Waals surface area contributed by atoms with Gasteiger partial charge in [-0.2, -0.15) is 4.98 Å². The van der Waals surface area contributed by atoms with Gasteiger partial charge in [0.2, 0.25) is 5.89 Å². The SMILES string of the molecule is CC(C)Cc1noc(CSc2ncc(-c3ccccc3)n2Cc2ccco2)n1. The highest BCUT2D eigenvalue weighted by Crippen LogP contribution is 2.29. The molecule has 0 spiro atoms. The summed E-state index contributed by atoms with van der Waals surface area (Å²) in [7, 11) is 0. The molecule has 0 bridgehead atoms. The van der Waals surface area contributed by atoms with Crippen molar-refractivity contribution in [2.45, 2.75) is 37.7 Å². The summed E-state index contributed by atoms with van der Waals surface area (Å²) in [6.07, 6.45) is 4.41. The zero-order chi connectivity index (χ0) is 19.3. The van der Waals surface area contributed by atoms with Gasteiger partial charge in [-0.05, 0) is 23.6 Å². The van der Waals surface area contributed by atoms with E-state index in [0.29, 0.717) is 24.1 Å². The average Bonchev–Trinajstić information content (AvgIpc) is 3.43. The smallest absolute Gasteiger partial charge is 0.237 e. The molecule has 3 aromatic heterocycles. The Morgan fingerprint density at radius 2 is 1.96 bits per heavy atom. The monoisotopic (exact) mass is 394 g/mol. The Morgan fingerprint density at radius 3 is 2.71 bits per heavy atom. The van der Waals surface area contributed by atoms with Gasteiger partial charge < -0.3 is 13.5 Å². The second kappa shape index (κ2) is 8.48. The Kier molecular flexibility index (Phi) is 5.62. The quantitative estimate of drug-likeness (QED) is 0.389. The number of rotatable bonds is 8. The van der Waals surface area contributed by atoms with Crippen LogP contribution in [0, 0.1) is 5.92 Å².